The predicted molar refractivity (Wildman–Crippen MR) is 91.3 cm³/mol. The van der Waals surface area contributed by atoms with Gasteiger partial charge >= 0.3 is 23.8 Å². The third-order valence-corrected chi connectivity index (χ3v) is 3.34. The van der Waals surface area contributed by atoms with Crippen LogP contribution in [0.5, 0.6) is 0 Å². The fourth-order valence-electron chi connectivity index (χ4n) is 2.29. The van der Waals surface area contributed by atoms with Crippen LogP contribution in [0.4, 0.5) is 11.4 Å². The Morgan fingerprint density at radius 3 is 1.96 bits per heavy atom. The number of carboxylic acid groups (broad SMARTS) is 3. The summed E-state index contributed by atoms with van der Waals surface area (Å²) in [5.74, 6) is -5.75. The molecule has 8 nitrogen and oxygen atoms in total. The third kappa shape index (κ3) is 3.93. The van der Waals surface area contributed by atoms with E-state index in [0.29, 0.717) is 0 Å². The fraction of sp³-hybridized carbons (Fsp3) is 0. The van der Waals surface area contributed by atoms with E-state index in [0.717, 1.165) is 11.0 Å². The summed E-state index contributed by atoms with van der Waals surface area (Å²) < 4.78 is 0. The van der Waals surface area contributed by atoms with Crippen molar-refractivity contribution in [1.82, 2.24) is 0 Å². The SMILES string of the molecule is O=C(O)C=Cc1ccccc1N(C(=O)C(=O)O)c1ccccc1C(=O)O. The number of carboxylic acids is 3. The van der Waals surface area contributed by atoms with Crippen LogP contribution in [0.15, 0.2) is 54.6 Å². The number of anilines is 2. The maximum Gasteiger partial charge on any atom is 0.395 e. The smallest absolute Gasteiger partial charge is 0.395 e. The van der Waals surface area contributed by atoms with E-state index in [1.807, 2.05) is 0 Å². The molecule has 3 N–H and O–H groups in total. The number of hydrogen-bond donors (Lipinski definition) is 3. The summed E-state index contributed by atoms with van der Waals surface area (Å²) in [5.41, 5.74) is -0.168. The average molecular weight is 355 g/mol. The summed E-state index contributed by atoms with van der Waals surface area (Å²) >= 11 is 0. The highest BCUT2D eigenvalue weighted by molar-refractivity contribution is 6.39. The second kappa shape index (κ2) is 7.75. The van der Waals surface area contributed by atoms with Crippen molar-refractivity contribution in [3.63, 3.8) is 0 Å². The first-order valence-electron chi connectivity index (χ1n) is 7.22. The predicted octanol–water partition coefficient (Wildman–Crippen LogP) is 2.23. The molecule has 1 amide bonds. The van der Waals surface area contributed by atoms with Crippen LogP contribution in [0, 0.1) is 0 Å². The molecule has 0 heterocycles. The minimum absolute atomic E-state index is 0.0334. The van der Waals surface area contributed by atoms with Crippen molar-refractivity contribution in [3.8, 4) is 0 Å². The fourth-order valence-corrected chi connectivity index (χ4v) is 2.29. The number of aliphatic carboxylic acids is 2. The van der Waals surface area contributed by atoms with Gasteiger partial charge in [-0.3, -0.25) is 9.69 Å². The topological polar surface area (TPSA) is 132 Å². The molecule has 0 saturated carbocycles. The molecule has 0 atom stereocenters. The molecule has 2 aromatic carbocycles. The van der Waals surface area contributed by atoms with Crippen molar-refractivity contribution in [2.45, 2.75) is 0 Å². The van der Waals surface area contributed by atoms with Crippen molar-refractivity contribution >= 4 is 41.3 Å². The van der Waals surface area contributed by atoms with Crippen LogP contribution < -0.4 is 4.90 Å². The molecule has 2 rings (SSSR count). The van der Waals surface area contributed by atoms with Crippen LogP contribution in [-0.4, -0.2) is 39.1 Å². The molecule has 26 heavy (non-hydrogen) atoms. The Morgan fingerprint density at radius 1 is 0.808 bits per heavy atom. The van der Waals surface area contributed by atoms with E-state index in [-0.39, 0.29) is 22.5 Å². The van der Waals surface area contributed by atoms with Crippen LogP contribution in [-0.2, 0) is 14.4 Å². The lowest BCUT2D eigenvalue weighted by Crippen LogP contribution is -2.34. The number of hydrogen-bond acceptors (Lipinski definition) is 4. The van der Waals surface area contributed by atoms with Crippen molar-refractivity contribution < 1.29 is 34.5 Å². The molecule has 132 valence electrons. The molecule has 0 spiro atoms. The van der Waals surface area contributed by atoms with Gasteiger partial charge < -0.3 is 15.3 Å². The van der Waals surface area contributed by atoms with Crippen molar-refractivity contribution in [2.75, 3.05) is 4.90 Å². The number of amides is 1. The Labute approximate surface area is 147 Å². The van der Waals surface area contributed by atoms with Gasteiger partial charge in [-0.15, -0.1) is 0 Å². The molecule has 0 aromatic heterocycles. The van der Waals surface area contributed by atoms with Gasteiger partial charge in [-0.2, -0.15) is 0 Å². The number of para-hydroxylation sites is 2. The van der Waals surface area contributed by atoms with E-state index in [2.05, 4.69) is 0 Å². The number of carbonyl (C=O) groups is 4. The van der Waals surface area contributed by atoms with Gasteiger partial charge in [-0.05, 0) is 29.8 Å². The largest absolute Gasteiger partial charge is 0.478 e. The van der Waals surface area contributed by atoms with Crippen LogP contribution in [0.3, 0.4) is 0 Å². The quantitative estimate of drug-likeness (QED) is 0.553. The third-order valence-electron chi connectivity index (χ3n) is 3.34. The summed E-state index contributed by atoms with van der Waals surface area (Å²) in [6, 6.07) is 11.4. The second-order valence-electron chi connectivity index (χ2n) is 5.00. The van der Waals surface area contributed by atoms with Gasteiger partial charge in [-0.25, -0.2) is 14.4 Å². The zero-order valence-electron chi connectivity index (χ0n) is 13.2. The minimum Gasteiger partial charge on any atom is -0.478 e. The Kier molecular flexibility index (Phi) is 5.49. The lowest BCUT2D eigenvalue weighted by Gasteiger charge is -2.24. The number of nitrogens with zero attached hydrogens (tertiary/aromatic N) is 1. The van der Waals surface area contributed by atoms with E-state index in [1.54, 1.807) is 6.07 Å². The number of benzene rings is 2. The zero-order chi connectivity index (χ0) is 19.3. The Bertz CT molecular complexity index is 917. The Morgan fingerprint density at radius 2 is 1.38 bits per heavy atom. The van der Waals surface area contributed by atoms with Crippen LogP contribution in [0.1, 0.15) is 15.9 Å². The molecular formula is C18H13NO7. The lowest BCUT2D eigenvalue weighted by molar-refractivity contribution is -0.148. The van der Waals surface area contributed by atoms with Gasteiger partial charge in [0.25, 0.3) is 0 Å². The van der Waals surface area contributed by atoms with Crippen molar-refractivity contribution in [1.29, 1.82) is 0 Å². The number of aromatic carboxylic acids is 1. The van der Waals surface area contributed by atoms with Gasteiger partial charge in [-0.1, -0.05) is 30.3 Å². The van der Waals surface area contributed by atoms with Gasteiger partial charge in [0.2, 0.25) is 0 Å². The van der Waals surface area contributed by atoms with E-state index < -0.39 is 23.8 Å². The van der Waals surface area contributed by atoms with Crippen molar-refractivity contribution in [3.05, 3.63) is 65.7 Å². The second-order valence-corrected chi connectivity index (χ2v) is 5.00. The van der Waals surface area contributed by atoms with Gasteiger partial charge in [0.1, 0.15) is 0 Å². The Balaban J connectivity index is 2.73. The normalized spacial score (nSPS) is 10.5. The highest BCUT2D eigenvalue weighted by Crippen LogP contribution is 2.32. The summed E-state index contributed by atoms with van der Waals surface area (Å²) in [6.45, 7) is 0. The van der Waals surface area contributed by atoms with Crippen molar-refractivity contribution in [2.24, 2.45) is 0 Å². The number of carbonyl (C=O) groups excluding carboxylic acids is 1. The van der Waals surface area contributed by atoms with E-state index >= 15 is 0 Å². The van der Waals surface area contributed by atoms with Gasteiger partial charge in [0, 0.05) is 6.08 Å². The average Bonchev–Trinajstić information content (AvgIpc) is 2.61. The molecule has 0 saturated heterocycles. The molecule has 0 fully saturated rings. The summed E-state index contributed by atoms with van der Waals surface area (Å²) in [7, 11) is 0. The van der Waals surface area contributed by atoms with E-state index in [4.69, 9.17) is 10.2 Å². The molecule has 2 aromatic rings. The monoisotopic (exact) mass is 355 g/mol. The summed E-state index contributed by atoms with van der Waals surface area (Å²) in [5, 5.41) is 27.3. The minimum atomic E-state index is -1.79. The molecule has 8 heteroatoms. The highest BCUT2D eigenvalue weighted by Gasteiger charge is 2.29. The Hall–Kier alpha value is -3.94. The first-order chi connectivity index (χ1) is 12.3. The van der Waals surface area contributed by atoms with Gasteiger partial charge in [0.15, 0.2) is 0 Å². The maximum absolute atomic E-state index is 12.3. The van der Waals surface area contributed by atoms with Crippen LogP contribution >= 0.6 is 0 Å². The first kappa shape index (κ1) is 18.4. The zero-order valence-corrected chi connectivity index (χ0v) is 13.2. The highest BCUT2D eigenvalue weighted by atomic mass is 16.4. The van der Waals surface area contributed by atoms with Gasteiger partial charge in [0.05, 0.1) is 16.9 Å². The van der Waals surface area contributed by atoms with Crippen LogP contribution in [0.2, 0.25) is 0 Å². The van der Waals surface area contributed by atoms with E-state index in [9.17, 15) is 24.3 Å². The maximum atomic E-state index is 12.3. The first-order valence-corrected chi connectivity index (χ1v) is 7.22. The van der Waals surface area contributed by atoms with Crippen LogP contribution in [0.25, 0.3) is 6.08 Å². The molecular weight excluding hydrogens is 342 g/mol. The molecule has 0 unspecified atom stereocenters. The molecule has 0 aliphatic heterocycles. The molecule has 0 bridgehead atoms. The molecule has 0 aliphatic carbocycles. The summed E-state index contributed by atoms with van der Waals surface area (Å²) in [4.78, 5) is 46.6. The molecule has 0 radical (unpaired) electrons. The lowest BCUT2D eigenvalue weighted by atomic mass is 10.1. The summed E-state index contributed by atoms with van der Waals surface area (Å²) in [6.07, 6.45) is 2.01. The standard InChI is InChI=1S/C18H13NO7/c20-15(21)10-9-11-5-1-3-7-13(11)19(16(22)18(25)26)14-8-4-2-6-12(14)17(23)24/h1-10H,(H,20,21)(H,23,24)(H,25,26). The van der Waals surface area contributed by atoms with E-state index in [1.165, 1.54) is 48.5 Å². The molecule has 0 aliphatic rings. The number of rotatable bonds is 5.